The van der Waals surface area contributed by atoms with Gasteiger partial charge >= 0.3 is 0 Å². The SMILES string of the molecule is C=C1N(c2ccccc2)c2c(c(Nc3ccc(S(C)(=O)=O)cc3)cc(=O)n2C)C(=O)N1C1CC1. The molecular formula is C25H24N4O4S. The van der Waals surface area contributed by atoms with Gasteiger partial charge in [-0.2, -0.15) is 0 Å². The second-order valence-electron chi connectivity index (χ2n) is 8.57. The highest BCUT2D eigenvalue weighted by Gasteiger charge is 2.44. The molecule has 5 rings (SSSR count). The van der Waals surface area contributed by atoms with E-state index in [1.807, 2.05) is 35.2 Å². The molecule has 0 atom stereocenters. The molecule has 0 saturated heterocycles. The average Bonchev–Trinajstić information content (AvgIpc) is 3.62. The van der Waals surface area contributed by atoms with Crippen molar-refractivity contribution in [2.24, 2.45) is 7.05 Å². The van der Waals surface area contributed by atoms with Crippen LogP contribution < -0.4 is 15.8 Å². The molecule has 1 N–H and O–H groups in total. The largest absolute Gasteiger partial charge is 0.355 e. The Balaban J connectivity index is 1.68. The fourth-order valence-electron chi connectivity index (χ4n) is 4.22. The highest BCUT2D eigenvalue weighted by atomic mass is 32.2. The van der Waals surface area contributed by atoms with Crippen LogP contribution in [0.1, 0.15) is 23.2 Å². The van der Waals surface area contributed by atoms with Crippen molar-refractivity contribution in [2.45, 2.75) is 23.8 Å². The third-order valence-electron chi connectivity index (χ3n) is 6.08. The smallest absolute Gasteiger partial charge is 0.265 e. The molecule has 0 unspecified atom stereocenters. The number of pyridine rings is 1. The van der Waals surface area contributed by atoms with E-state index in [2.05, 4.69) is 11.9 Å². The predicted octanol–water partition coefficient (Wildman–Crippen LogP) is 3.76. The Bertz CT molecular complexity index is 1470. The van der Waals surface area contributed by atoms with Gasteiger partial charge in [0.25, 0.3) is 11.5 Å². The summed E-state index contributed by atoms with van der Waals surface area (Å²) in [5.74, 6) is 0.720. The van der Waals surface area contributed by atoms with Gasteiger partial charge in [0.1, 0.15) is 17.2 Å². The van der Waals surface area contributed by atoms with Gasteiger partial charge in [0.2, 0.25) is 0 Å². The summed E-state index contributed by atoms with van der Waals surface area (Å²) in [6.07, 6.45) is 2.93. The van der Waals surface area contributed by atoms with Crippen LogP contribution in [0.2, 0.25) is 0 Å². The van der Waals surface area contributed by atoms with Crippen molar-refractivity contribution in [2.75, 3.05) is 16.5 Å². The number of carbonyl (C=O) groups excluding carboxylic acids is 1. The van der Waals surface area contributed by atoms with E-state index >= 15 is 0 Å². The lowest BCUT2D eigenvalue weighted by atomic mass is 10.1. The van der Waals surface area contributed by atoms with Crippen molar-refractivity contribution >= 4 is 38.6 Å². The second-order valence-corrected chi connectivity index (χ2v) is 10.6. The summed E-state index contributed by atoms with van der Waals surface area (Å²) in [7, 11) is -1.71. The predicted molar refractivity (Wildman–Crippen MR) is 131 cm³/mol. The molecule has 0 radical (unpaired) electrons. The summed E-state index contributed by atoms with van der Waals surface area (Å²) in [5, 5.41) is 3.16. The summed E-state index contributed by atoms with van der Waals surface area (Å²) in [5.41, 5.74) is 1.77. The van der Waals surface area contributed by atoms with E-state index in [1.165, 1.54) is 22.8 Å². The first-order valence-electron chi connectivity index (χ1n) is 10.9. The van der Waals surface area contributed by atoms with E-state index in [1.54, 1.807) is 24.1 Å². The van der Waals surface area contributed by atoms with E-state index < -0.39 is 9.84 Å². The summed E-state index contributed by atoms with van der Waals surface area (Å²) in [4.78, 5) is 30.5. The molecule has 1 fully saturated rings. The number of aromatic nitrogens is 1. The zero-order valence-electron chi connectivity index (χ0n) is 18.9. The Morgan fingerprint density at radius 1 is 1.00 bits per heavy atom. The van der Waals surface area contributed by atoms with Gasteiger partial charge in [-0.1, -0.05) is 24.8 Å². The minimum atomic E-state index is -3.34. The van der Waals surface area contributed by atoms with Crippen LogP contribution in [-0.2, 0) is 16.9 Å². The van der Waals surface area contributed by atoms with Gasteiger partial charge in [-0.05, 0) is 49.2 Å². The molecule has 1 aliphatic heterocycles. The molecule has 2 aromatic carbocycles. The van der Waals surface area contributed by atoms with Gasteiger partial charge in [-0.25, -0.2) is 8.42 Å². The van der Waals surface area contributed by atoms with Crippen LogP contribution in [0.5, 0.6) is 0 Å². The van der Waals surface area contributed by atoms with Crippen LogP contribution in [-0.4, -0.2) is 36.1 Å². The zero-order valence-corrected chi connectivity index (χ0v) is 19.7. The molecule has 2 aliphatic rings. The molecule has 8 nitrogen and oxygen atoms in total. The van der Waals surface area contributed by atoms with E-state index in [9.17, 15) is 18.0 Å². The minimum Gasteiger partial charge on any atom is -0.355 e. The normalized spacial score (nSPS) is 15.9. The number of carbonyl (C=O) groups is 1. The molecule has 3 aromatic rings. The number of hydrogen-bond donors (Lipinski definition) is 1. The lowest BCUT2D eigenvalue weighted by Gasteiger charge is -2.41. The maximum absolute atomic E-state index is 13.7. The molecule has 0 bridgehead atoms. The topological polar surface area (TPSA) is 91.7 Å². The number of hydrogen-bond acceptors (Lipinski definition) is 6. The lowest BCUT2D eigenvalue weighted by Crippen LogP contribution is -2.46. The zero-order chi connectivity index (χ0) is 24.2. The Morgan fingerprint density at radius 3 is 2.24 bits per heavy atom. The highest BCUT2D eigenvalue weighted by Crippen LogP contribution is 2.44. The van der Waals surface area contributed by atoms with Gasteiger partial charge < -0.3 is 5.32 Å². The number of nitrogens with zero attached hydrogens (tertiary/aromatic N) is 3. The maximum atomic E-state index is 13.7. The third kappa shape index (κ3) is 3.67. The van der Waals surface area contributed by atoms with E-state index in [0.717, 1.165) is 24.8 Å². The summed E-state index contributed by atoms with van der Waals surface area (Å²) < 4.78 is 25.0. The van der Waals surface area contributed by atoms with Crippen LogP contribution in [0, 0.1) is 0 Å². The third-order valence-corrected chi connectivity index (χ3v) is 7.21. The molecule has 1 amide bonds. The molecule has 1 aliphatic carbocycles. The fourth-order valence-corrected chi connectivity index (χ4v) is 4.85. The molecular weight excluding hydrogens is 452 g/mol. The van der Waals surface area contributed by atoms with Gasteiger partial charge in [0.15, 0.2) is 9.84 Å². The van der Waals surface area contributed by atoms with Crippen molar-refractivity contribution in [3.8, 4) is 0 Å². The second kappa shape index (κ2) is 7.88. The van der Waals surface area contributed by atoms with Crippen LogP contribution in [0.3, 0.4) is 0 Å². The number of benzene rings is 2. The Hall–Kier alpha value is -3.85. The average molecular weight is 477 g/mol. The molecule has 174 valence electrons. The lowest BCUT2D eigenvalue weighted by molar-refractivity contribution is 0.0785. The van der Waals surface area contributed by atoms with Crippen molar-refractivity contribution in [3.63, 3.8) is 0 Å². The van der Waals surface area contributed by atoms with E-state index in [4.69, 9.17) is 0 Å². The molecule has 2 heterocycles. The first kappa shape index (κ1) is 22.0. The van der Waals surface area contributed by atoms with Crippen molar-refractivity contribution < 1.29 is 13.2 Å². The summed E-state index contributed by atoms with van der Waals surface area (Å²) in [6, 6.07) is 17.2. The van der Waals surface area contributed by atoms with Gasteiger partial charge in [-0.3, -0.25) is 24.0 Å². The molecule has 1 saturated carbocycles. The van der Waals surface area contributed by atoms with E-state index in [-0.39, 0.29) is 22.4 Å². The van der Waals surface area contributed by atoms with Gasteiger partial charge in [0.05, 0.1) is 10.6 Å². The van der Waals surface area contributed by atoms with Crippen LogP contribution in [0.15, 0.2) is 82.8 Å². The number of sulfone groups is 1. The number of nitrogens with one attached hydrogen (secondary N) is 1. The minimum absolute atomic E-state index is 0.0680. The maximum Gasteiger partial charge on any atom is 0.265 e. The van der Waals surface area contributed by atoms with Crippen molar-refractivity contribution in [1.82, 2.24) is 9.47 Å². The van der Waals surface area contributed by atoms with Crippen LogP contribution in [0.4, 0.5) is 22.9 Å². The van der Waals surface area contributed by atoms with Gasteiger partial charge in [-0.15, -0.1) is 0 Å². The molecule has 0 spiro atoms. The van der Waals surface area contributed by atoms with Gasteiger partial charge in [0, 0.05) is 36.8 Å². The molecule has 1 aromatic heterocycles. The van der Waals surface area contributed by atoms with Crippen LogP contribution in [0.25, 0.3) is 0 Å². The first-order valence-corrected chi connectivity index (χ1v) is 12.7. The molecule has 34 heavy (non-hydrogen) atoms. The van der Waals surface area contributed by atoms with Crippen LogP contribution >= 0.6 is 0 Å². The van der Waals surface area contributed by atoms with Crippen molar-refractivity contribution in [3.05, 3.63) is 89.0 Å². The van der Waals surface area contributed by atoms with E-state index in [0.29, 0.717) is 28.6 Å². The summed E-state index contributed by atoms with van der Waals surface area (Å²) >= 11 is 0. The van der Waals surface area contributed by atoms with Crippen molar-refractivity contribution in [1.29, 1.82) is 0 Å². The number of fused-ring (bicyclic) bond motifs is 1. The summed E-state index contributed by atoms with van der Waals surface area (Å²) in [6.45, 7) is 4.22. The molecule has 9 heteroatoms. The Kier molecular flexibility index (Phi) is 5.09. The highest BCUT2D eigenvalue weighted by molar-refractivity contribution is 7.90. The monoisotopic (exact) mass is 476 g/mol. The quantitative estimate of drug-likeness (QED) is 0.603. The Morgan fingerprint density at radius 2 is 1.65 bits per heavy atom. The first-order chi connectivity index (χ1) is 16.2. The Labute approximate surface area is 197 Å². The number of amides is 1. The standard InChI is InChI=1S/C25H24N4O4S/c1-16-28(18-7-5-4-6-8-18)24-23(25(31)29(16)19-11-12-19)21(15-22(30)27(24)2)26-17-9-13-20(14-10-17)34(3,32)33/h4-10,13-15,19,26H,1,11-12H2,2-3H3. The fraction of sp³-hybridized carbons (Fsp3) is 0.200. The number of rotatable bonds is 5. The number of anilines is 4. The number of para-hydroxylation sites is 1.